The highest BCUT2D eigenvalue weighted by Crippen LogP contribution is 2.36. The number of fused-ring (bicyclic) bond motifs is 1. The fourth-order valence-corrected chi connectivity index (χ4v) is 4.36. The lowest BCUT2D eigenvalue weighted by molar-refractivity contribution is -0.193. The molecule has 0 aliphatic carbocycles. The fraction of sp³-hybridized carbons (Fsp3) is 0.212. The number of ether oxygens (including phenoxy) is 1. The van der Waals surface area contributed by atoms with Crippen molar-refractivity contribution in [2.24, 2.45) is 0 Å². The third-order valence-electron chi connectivity index (χ3n) is 6.64. The van der Waals surface area contributed by atoms with Crippen molar-refractivity contribution in [3.8, 4) is 11.5 Å². The Bertz CT molecular complexity index is 1970. The number of rotatable bonds is 8. The number of carbonyl (C=O) groups is 3. The zero-order valence-electron chi connectivity index (χ0n) is 27.5. The van der Waals surface area contributed by atoms with E-state index in [4.69, 9.17) is 36.1 Å². The molecule has 0 bridgehead atoms. The molecule has 0 radical (unpaired) electrons. The number of aromatic nitrogens is 3. The van der Waals surface area contributed by atoms with E-state index in [2.05, 4.69) is 30.9 Å². The van der Waals surface area contributed by atoms with Crippen molar-refractivity contribution in [3.63, 3.8) is 0 Å². The van der Waals surface area contributed by atoms with E-state index in [0.717, 1.165) is 17.8 Å². The van der Waals surface area contributed by atoms with Gasteiger partial charge in [-0.2, -0.15) is 39.5 Å². The summed E-state index contributed by atoms with van der Waals surface area (Å²) in [5.74, 6) is -4.51. The Morgan fingerprint density at radius 2 is 1.53 bits per heavy atom. The summed E-state index contributed by atoms with van der Waals surface area (Å²) in [7, 11) is 0. The highest BCUT2D eigenvalue weighted by atomic mass is 35.5. The molecule has 0 saturated carbocycles. The standard InChI is InChI=1S/C29H24ClF3N6O2.2C2HF3O2/c30-24-16-21(7-8-25(24)41-22-6-3-4-19(15-22)29(31,32)33)39-27-23-14-18(9-12-35-26(23)37-17-38-27)28(40)36-13-10-20-5-1-2-11-34-20;2*3-2(4,5)1(6)7/h1-8,11,14-17H,9-10,12-13H2,(H,36,40)(H2,35,37,38,39);2*(H,6,7). The van der Waals surface area contributed by atoms with Crippen LogP contribution in [-0.4, -0.2) is 68.5 Å². The highest BCUT2D eigenvalue weighted by Gasteiger charge is 2.39. The average molecular weight is 809 g/mol. The van der Waals surface area contributed by atoms with E-state index in [1.54, 1.807) is 30.5 Å². The number of hydrogen-bond acceptors (Lipinski definition) is 9. The molecule has 5 N–H and O–H groups in total. The number of aliphatic carboxylic acids is 2. The van der Waals surface area contributed by atoms with Crippen LogP contribution in [-0.2, 0) is 27.0 Å². The second-order valence-electron chi connectivity index (χ2n) is 10.7. The van der Waals surface area contributed by atoms with Gasteiger partial charge in [-0.15, -0.1) is 0 Å². The number of halogens is 10. The first-order valence-electron chi connectivity index (χ1n) is 15.1. The van der Waals surface area contributed by atoms with Crippen molar-refractivity contribution in [3.05, 3.63) is 101 Å². The Morgan fingerprint density at radius 1 is 0.855 bits per heavy atom. The van der Waals surface area contributed by atoms with Crippen molar-refractivity contribution in [1.82, 2.24) is 20.3 Å². The number of carboxylic acids is 2. The van der Waals surface area contributed by atoms with E-state index in [1.807, 2.05) is 18.2 Å². The minimum Gasteiger partial charge on any atom is -0.475 e. The second-order valence-corrected chi connectivity index (χ2v) is 11.1. The van der Waals surface area contributed by atoms with Crippen molar-refractivity contribution in [2.45, 2.75) is 31.4 Å². The van der Waals surface area contributed by atoms with Crippen molar-refractivity contribution in [2.75, 3.05) is 23.7 Å². The van der Waals surface area contributed by atoms with Crippen LogP contribution >= 0.6 is 11.6 Å². The molecular formula is C33H26ClF9N6O6. The topological polar surface area (TPSA) is 176 Å². The van der Waals surface area contributed by atoms with Crippen LogP contribution in [0.3, 0.4) is 0 Å². The molecule has 1 aliphatic heterocycles. The summed E-state index contributed by atoms with van der Waals surface area (Å²) in [6, 6.07) is 15.0. The lowest BCUT2D eigenvalue weighted by atomic mass is 10.1. The minimum absolute atomic E-state index is 0.00519. The van der Waals surface area contributed by atoms with Gasteiger partial charge in [0.15, 0.2) is 0 Å². The number of nitrogens with zero attached hydrogens (tertiary/aromatic N) is 3. The third-order valence-corrected chi connectivity index (χ3v) is 6.94. The molecule has 0 fully saturated rings. The van der Waals surface area contributed by atoms with Crippen LogP contribution < -0.4 is 20.7 Å². The van der Waals surface area contributed by atoms with E-state index in [-0.39, 0.29) is 22.4 Å². The number of hydrogen-bond donors (Lipinski definition) is 5. The Labute approximate surface area is 309 Å². The number of amides is 1. The van der Waals surface area contributed by atoms with E-state index >= 15 is 0 Å². The zero-order chi connectivity index (χ0) is 41.0. The molecule has 3 heterocycles. The van der Waals surface area contributed by atoms with Crippen LogP contribution in [0.5, 0.6) is 11.5 Å². The SMILES string of the molecule is O=C(NCCc1ccccn1)C1=Cc2c(ncnc2Nc2ccc(Oc3cccc(C(F)(F)F)c3)c(Cl)c2)NCC1.O=C(O)C(F)(F)F.O=C(O)C(F)(F)F. The average Bonchev–Trinajstić information content (AvgIpc) is 3.33. The maximum absolute atomic E-state index is 13.0. The van der Waals surface area contributed by atoms with E-state index in [1.165, 1.54) is 18.5 Å². The molecule has 12 nitrogen and oxygen atoms in total. The monoisotopic (exact) mass is 808 g/mol. The number of pyridine rings is 1. The summed E-state index contributed by atoms with van der Waals surface area (Å²) in [5.41, 5.74) is 1.78. The maximum Gasteiger partial charge on any atom is 0.490 e. The van der Waals surface area contributed by atoms with Gasteiger partial charge in [-0.05, 0) is 61.0 Å². The molecule has 294 valence electrons. The van der Waals surface area contributed by atoms with Crippen LogP contribution in [0, 0.1) is 0 Å². The Balaban J connectivity index is 0.000000494. The van der Waals surface area contributed by atoms with E-state index < -0.39 is 36.0 Å². The van der Waals surface area contributed by atoms with Gasteiger partial charge >= 0.3 is 30.5 Å². The van der Waals surface area contributed by atoms with Crippen LogP contribution in [0.2, 0.25) is 5.02 Å². The molecule has 1 aliphatic rings. The van der Waals surface area contributed by atoms with Crippen LogP contribution in [0.25, 0.3) is 6.08 Å². The molecule has 2 aromatic heterocycles. The molecular weight excluding hydrogens is 783 g/mol. The number of nitrogens with one attached hydrogen (secondary N) is 3. The molecule has 0 saturated heterocycles. The molecule has 0 unspecified atom stereocenters. The van der Waals surface area contributed by atoms with E-state index in [0.29, 0.717) is 54.4 Å². The second kappa shape index (κ2) is 18.8. The van der Waals surface area contributed by atoms with Crippen LogP contribution in [0.4, 0.5) is 56.8 Å². The minimum atomic E-state index is -5.08. The first-order valence-corrected chi connectivity index (χ1v) is 15.5. The summed E-state index contributed by atoms with van der Waals surface area (Å²) in [4.78, 5) is 43.7. The first-order chi connectivity index (χ1) is 25.6. The first kappa shape index (κ1) is 43.3. The van der Waals surface area contributed by atoms with Crippen LogP contribution in [0.1, 0.15) is 23.2 Å². The molecule has 1 amide bonds. The lowest BCUT2D eigenvalue weighted by Gasteiger charge is -2.14. The quantitative estimate of drug-likeness (QED) is 0.109. The van der Waals surface area contributed by atoms with Gasteiger partial charge in [-0.3, -0.25) is 9.78 Å². The summed E-state index contributed by atoms with van der Waals surface area (Å²) in [5, 5.41) is 23.8. The summed E-state index contributed by atoms with van der Waals surface area (Å²) in [6.07, 6.45) is -8.70. The largest absolute Gasteiger partial charge is 0.490 e. The number of benzene rings is 2. The molecule has 0 atom stereocenters. The highest BCUT2D eigenvalue weighted by molar-refractivity contribution is 6.32. The molecule has 5 rings (SSSR count). The maximum atomic E-state index is 13.0. The van der Waals surface area contributed by atoms with E-state index in [9.17, 15) is 44.3 Å². The third kappa shape index (κ3) is 14.0. The van der Waals surface area contributed by atoms with Gasteiger partial charge in [0, 0.05) is 42.7 Å². The molecule has 22 heteroatoms. The lowest BCUT2D eigenvalue weighted by Crippen LogP contribution is -2.27. The molecule has 2 aromatic carbocycles. The number of anilines is 3. The van der Waals surface area contributed by atoms with Gasteiger partial charge in [-0.25, -0.2) is 19.6 Å². The Kier molecular flexibility index (Phi) is 14.8. The van der Waals surface area contributed by atoms with Gasteiger partial charge in [0.1, 0.15) is 29.5 Å². The van der Waals surface area contributed by atoms with Crippen molar-refractivity contribution in [1.29, 1.82) is 0 Å². The molecule has 0 spiro atoms. The normalized spacial score (nSPS) is 12.4. The number of carboxylic acid groups (broad SMARTS) is 2. The van der Waals surface area contributed by atoms with Crippen molar-refractivity contribution >= 4 is 52.8 Å². The summed E-state index contributed by atoms with van der Waals surface area (Å²) in [6.45, 7) is 0.952. The summed E-state index contributed by atoms with van der Waals surface area (Å²) < 4.78 is 108. The predicted molar refractivity (Wildman–Crippen MR) is 178 cm³/mol. The molecule has 55 heavy (non-hydrogen) atoms. The summed E-state index contributed by atoms with van der Waals surface area (Å²) >= 11 is 6.40. The number of carbonyl (C=O) groups excluding carboxylic acids is 1. The number of alkyl halides is 9. The Morgan fingerprint density at radius 3 is 2.11 bits per heavy atom. The van der Waals surface area contributed by atoms with Gasteiger partial charge in [0.2, 0.25) is 5.91 Å². The smallest absolute Gasteiger partial charge is 0.475 e. The fourth-order valence-electron chi connectivity index (χ4n) is 4.14. The Hall–Kier alpha value is -6.12. The van der Waals surface area contributed by atoms with Crippen LogP contribution in [0.15, 0.2) is 78.8 Å². The van der Waals surface area contributed by atoms with Crippen molar-refractivity contribution < 1.29 is 68.8 Å². The molecule has 4 aromatic rings. The van der Waals surface area contributed by atoms with Gasteiger partial charge in [0.25, 0.3) is 0 Å². The predicted octanol–water partition coefficient (Wildman–Crippen LogP) is 7.90. The van der Waals surface area contributed by atoms with Gasteiger partial charge in [0.05, 0.1) is 16.1 Å². The zero-order valence-corrected chi connectivity index (χ0v) is 28.2. The van der Waals surface area contributed by atoms with Gasteiger partial charge < -0.3 is 30.9 Å². The van der Waals surface area contributed by atoms with Gasteiger partial charge in [-0.1, -0.05) is 23.7 Å².